The number of amides is 1. The number of carbonyl (C=O) groups excluding carboxylic acids is 2. The van der Waals surface area contributed by atoms with Crippen molar-refractivity contribution in [1.82, 2.24) is 4.90 Å². The number of rotatable bonds is 6. The Morgan fingerprint density at radius 2 is 2.00 bits per heavy atom. The molecule has 1 aliphatic rings. The molecule has 0 aliphatic heterocycles. The Balaban J connectivity index is 2.50. The third-order valence-corrected chi connectivity index (χ3v) is 3.43. The molecule has 4 heteroatoms. The van der Waals surface area contributed by atoms with E-state index in [2.05, 4.69) is 11.3 Å². The molecule has 4 nitrogen and oxygen atoms in total. The van der Waals surface area contributed by atoms with Crippen molar-refractivity contribution >= 4 is 11.9 Å². The van der Waals surface area contributed by atoms with Gasteiger partial charge in [0.15, 0.2) is 0 Å². The predicted octanol–water partition coefficient (Wildman–Crippen LogP) is 2.14. The Morgan fingerprint density at radius 3 is 2.56 bits per heavy atom. The lowest BCUT2D eigenvalue weighted by Gasteiger charge is -2.28. The van der Waals surface area contributed by atoms with Crippen LogP contribution >= 0.6 is 0 Å². The molecule has 0 saturated heterocycles. The molecular weight excluding hydrogens is 230 g/mol. The van der Waals surface area contributed by atoms with Crippen LogP contribution in [0.4, 0.5) is 0 Å². The van der Waals surface area contributed by atoms with Crippen LogP contribution in [0.25, 0.3) is 0 Å². The van der Waals surface area contributed by atoms with Gasteiger partial charge in [-0.05, 0) is 12.8 Å². The van der Waals surface area contributed by atoms with Crippen molar-refractivity contribution in [1.29, 1.82) is 0 Å². The number of methoxy groups -OCH3 is 1. The van der Waals surface area contributed by atoms with Gasteiger partial charge in [-0.1, -0.05) is 25.3 Å². The molecule has 1 rings (SSSR count). The summed E-state index contributed by atoms with van der Waals surface area (Å²) in [6, 6.07) is 0. The van der Waals surface area contributed by atoms with Gasteiger partial charge < -0.3 is 9.64 Å². The molecule has 1 fully saturated rings. The highest BCUT2D eigenvalue weighted by atomic mass is 16.5. The average molecular weight is 253 g/mol. The molecule has 0 heterocycles. The van der Waals surface area contributed by atoms with Gasteiger partial charge in [-0.2, -0.15) is 0 Å². The minimum Gasteiger partial charge on any atom is -0.469 e. The topological polar surface area (TPSA) is 46.6 Å². The number of hydrogen-bond acceptors (Lipinski definition) is 3. The summed E-state index contributed by atoms with van der Waals surface area (Å²) in [7, 11) is 1.36. The van der Waals surface area contributed by atoms with Crippen LogP contribution in [0.5, 0.6) is 0 Å². The molecule has 0 bridgehead atoms. The third kappa shape index (κ3) is 4.51. The molecule has 0 N–H and O–H groups in total. The van der Waals surface area contributed by atoms with Crippen molar-refractivity contribution in [2.24, 2.45) is 5.92 Å². The largest absolute Gasteiger partial charge is 0.469 e. The fourth-order valence-electron chi connectivity index (χ4n) is 2.38. The van der Waals surface area contributed by atoms with E-state index in [-0.39, 0.29) is 24.2 Å². The molecule has 0 aromatic carbocycles. The fraction of sp³-hybridized carbons (Fsp3) is 0.714. The van der Waals surface area contributed by atoms with E-state index in [4.69, 9.17) is 0 Å². The van der Waals surface area contributed by atoms with Gasteiger partial charge in [0.1, 0.15) is 0 Å². The van der Waals surface area contributed by atoms with E-state index < -0.39 is 0 Å². The second-order valence-corrected chi connectivity index (χ2v) is 4.73. The van der Waals surface area contributed by atoms with E-state index in [1.165, 1.54) is 13.5 Å². The van der Waals surface area contributed by atoms with Crippen molar-refractivity contribution in [2.45, 2.75) is 38.5 Å². The summed E-state index contributed by atoms with van der Waals surface area (Å²) < 4.78 is 4.60. The quantitative estimate of drug-likeness (QED) is 0.538. The van der Waals surface area contributed by atoms with Gasteiger partial charge >= 0.3 is 5.97 Å². The Morgan fingerprint density at radius 1 is 1.33 bits per heavy atom. The highest BCUT2D eigenvalue weighted by molar-refractivity contribution is 5.79. The van der Waals surface area contributed by atoms with Crippen LogP contribution in [-0.2, 0) is 14.3 Å². The molecule has 0 unspecified atom stereocenters. The van der Waals surface area contributed by atoms with Gasteiger partial charge in [0.25, 0.3) is 0 Å². The number of esters is 1. The van der Waals surface area contributed by atoms with Crippen molar-refractivity contribution < 1.29 is 14.3 Å². The molecule has 102 valence electrons. The Kier molecular flexibility index (Phi) is 6.47. The van der Waals surface area contributed by atoms with Crippen LogP contribution in [0.1, 0.15) is 38.5 Å². The minimum atomic E-state index is -0.277. The van der Waals surface area contributed by atoms with E-state index in [1.54, 1.807) is 11.0 Å². The van der Waals surface area contributed by atoms with Gasteiger partial charge in [-0.25, -0.2) is 0 Å². The lowest BCUT2D eigenvalue weighted by molar-refractivity contribution is -0.142. The molecule has 1 amide bonds. The highest BCUT2D eigenvalue weighted by Crippen LogP contribution is 2.25. The van der Waals surface area contributed by atoms with Gasteiger partial charge in [0.05, 0.1) is 13.5 Å². The fourth-order valence-corrected chi connectivity index (χ4v) is 2.38. The normalized spacial score (nSPS) is 16.1. The van der Waals surface area contributed by atoms with Gasteiger partial charge in [0.2, 0.25) is 5.91 Å². The maximum Gasteiger partial charge on any atom is 0.307 e. The van der Waals surface area contributed by atoms with Crippen LogP contribution in [0, 0.1) is 5.92 Å². The van der Waals surface area contributed by atoms with Crippen LogP contribution in [0.15, 0.2) is 12.7 Å². The van der Waals surface area contributed by atoms with Gasteiger partial charge in [-0.15, -0.1) is 6.58 Å². The van der Waals surface area contributed by atoms with E-state index in [1.807, 2.05) is 0 Å². The summed E-state index contributed by atoms with van der Waals surface area (Å²) in [6.07, 6.45) is 7.41. The summed E-state index contributed by atoms with van der Waals surface area (Å²) in [5, 5.41) is 0. The standard InChI is InChI=1S/C14H23NO3/c1-3-10-15(11-9-13(16)18-2)14(17)12-7-5-4-6-8-12/h3,12H,1,4-11H2,2H3. The molecule has 0 aromatic rings. The number of nitrogens with zero attached hydrogens (tertiary/aromatic N) is 1. The second-order valence-electron chi connectivity index (χ2n) is 4.73. The monoisotopic (exact) mass is 253 g/mol. The number of carbonyl (C=O) groups is 2. The number of hydrogen-bond donors (Lipinski definition) is 0. The zero-order valence-corrected chi connectivity index (χ0v) is 11.2. The van der Waals surface area contributed by atoms with E-state index in [0.717, 1.165) is 25.7 Å². The number of ether oxygens (including phenoxy) is 1. The predicted molar refractivity (Wildman–Crippen MR) is 70.0 cm³/mol. The molecule has 0 radical (unpaired) electrons. The first-order valence-electron chi connectivity index (χ1n) is 6.65. The van der Waals surface area contributed by atoms with E-state index in [9.17, 15) is 9.59 Å². The molecule has 0 spiro atoms. The van der Waals surface area contributed by atoms with Crippen LogP contribution in [0.3, 0.4) is 0 Å². The first kappa shape index (κ1) is 14.7. The first-order chi connectivity index (χ1) is 8.69. The molecule has 0 aromatic heterocycles. The van der Waals surface area contributed by atoms with Crippen molar-refractivity contribution in [3.05, 3.63) is 12.7 Å². The first-order valence-corrected chi connectivity index (χ1v) is 6.65. The average Bonchev–Trinajstić information content (AvgIpc) is 2.43. The Bertz CT molecular complexity index is 295. The second kappa shape index (κ2) is 7.90. The van der Waals surface area contributed by atoms with Crippen LogP contribution in [0.2, 0.25) is 0 Å². The smallest absolute Gasteiger partial charge is 0.307 e. The van der Waals surface area contributed by atoms with Crippen LogP contribution < -0.4 is 0 Å². The van der Waals surface area contributed by atoms with Crippen molar-refractivity contribution in [3.8, 4) is 0 Å². The Labute approximate surface area is 109 Å². The Hall–Kier alpha value is -1.32. The van der Waals surface area contributed by atoms with Gasteiger partial charge in [0, 0.05) is 19.0 Å². The van der Waals surface area contributed by atoms with Crippen LogP contribution in [-0.4, -0.2) is 37.0 Å². The summed E-state index contributed by atoms with van der Waals surface area (Å²) >= 11 is 0. The molecular formula is C14H23NO3. The molecule has 18 heavy (non-hydrogen) atoms. The van der Waals surface area contributed by atoms with Gasteiger partial charge in [-0.3, -0.25) is 9.59 Å². The lowest BCUT2D eigenvalue weighted by atomic mass is 9.88. The summed E-state index contributed by atoms with van der Waals surface area (Å²) in [6.45, 7) is 4.60. The SMILES string of the molecule is C=CCN(CCC(=O)OC)C(=O)C1CCCCC1. The summed E-state index contributed by atoms with van der Waals surface area (Å²) in [5.74, 6) is 0.0235. The summed E-state index contributed by atoms with van der Waals surface area (Å²) in [5.41, 5.74) is 0. The zero-order valence-electron chi connectivity index (χ0n) is 11.2. The molecule has 1 saturated carbocycles. The minimum absolute atomic E-state index is 0.136. The lowest BCUT2D eigenvalue weighted by Crippen LogP contribution is -2.38. The van der Waals surface area contributed by atoms with E-state index >= 15 is 0 Å². The zero-order chi connectivity index (χ0) is 13.4. The maximum absolute atomic E-state index is 12.3. The molecule has 0 atom stereocenters. The molecule has 1 aliphatic carbocycles. The van der Waals surface area contributed by atoms with Crippen molar-refractivity contribution in [2.75, 3.05) is 20.2 Å². The summed E-state index contributed by atoms with van der Waals surface area (Å²) in [4.78, 5) is 25.2. The van der Waals surface area contributed by atoms with Crippen molar-refractivity contribution in [3.63, 3.8) is 0 Å². The maximum atomic E-state index is 12.3. The van der Waals surface area contributed by atoms with E-state index in [0.29, 0.717) is 13.1 Å². The highest BCUT2D eigenvalue weighted by Gasteiger charge is 2.25. The third-order valence-electron chi connectivity index (χ3n) is 3.43.